The maximum Gasteiger partial charge on any atom is 0.151 e. The van der Waals surface area contributed by atoms with Crippen molar-refractivity contribution in [2.75, 3.05) is 24.6 Å². The number of anilines is 1. The molecule has 0 unspecified atom stereocenters. The number of aliphatic hydroxyl groups excluding tert-OH is 1. The number of aliphatic hydroxyl groups is 1. The number of fused-ring (bicyclic) bond motifs is 1. The minimum atomic E-state index is -0.219. The number of aromatic amines is 1. The lowest BCUT2D eigenvalue weighted by Gasteiger charge is -2.16. The van der Waals surface area contributed by atoms with Crippen LogP contribution >= 0.6 is 11.8 Å². The van der Waals surface area contributed by atoms with Gasteiger partial charge in [0.15, 0.2) is 5.82 Å². The Labute approximate surface area is 146 Å². The second-order valence-electron chi connectivity index (χ2n) is 7.06. The highest BCUT2D eigenvalue weighted by Gasteiger charge is 2.32. The molecule has 0 spiro atoms. The van der Waals surface area contributed by atoms with Crippen molar-refractivity contribution in [3.63, 3.8) is 0 Å². The van der Waals surface area contributed by atoms with E-state index < -0.39 is 0 Å². The number of thioether (sulfide) groups is 1. The summed E-state index contributed by atoms with van der Waals surface area (Å²) in [6.07, 6.45) is 8.72. The van der Waals surface area contributed by atoms with Crippen molar-refractivity contribution in [1.29, 1.82) is 0 Å². The van der Waals surface area contributed by atoms with Crippen molar-refractivity contribution >= 4 is 28.6 Å². The fraction of sp³-hybridized carbons (Fsp3) is 0.647. The summed E-state index contributed by atoms with van der Waals surface area (Å²) in [6, 6.07) is 0. The zero-order valence-electron chi connectivity index (χ0n) is 13.8. The van der Waals surface area contributed by atoms with Gasteiger partial charge in [0.05, 0.1) is 11.6 Å². The largest absolute Gasteiger partial charge is 0.391 e. The van der Waals surface area contributed by atoms with Gasteiger partial charge in [-0.3, -0.25) is 4.90 Å². The maximum absolute atomic E-state index is 10.4. The first kappa shape index (κ1) is 16.2. The Morgan fingerprint density at radius 1 is 1.29 bits per heavy atom. The molecular weight excluding hydrogens is 322 g/mol. The van der Waals surface area contributed by atoms with Gasteiger partial charge >= 0.3 is 0 Å². The van der Waals surface area contributed by atoms with Crippen molar-refractivity contribution in [2.24, 2.45) is 5.92 Å². The molecule has 1 aliphatic heterocycles. The fourth-order valence-electron chi connectivity index (χ4n) is 3.92. The number of aromatic nitrogens is 3. The molecule has 2 aliphatic rings. The van der Waals surface area contributed by atoms with Gasteiger partial charge in [0.25, 0.3) is 0 Å². The Bertz CT molecular complexity index is 699. The van der Waals surface area contributed by atoms with Gasteiger partial charge in [0.1, 0.15) is 11.8 Å². The molecule has 0 amide bonds. The van der Waals surface area contributed by atoms with Crippen molar-refractivity contribution in [1.82, 2.24) is 19.9 Å². The summed E-state index contributed by atoms with van der Waals surface area (Å²) in [5.74, 6) is 1.93. The van der Waals surface area contributed by atoms with Crippen LogP contribution in [-0.2, 0) is 6.54 Å². The second kappa shape index (κ2) is 6.90. The molecule has 2 aromatic rings. The molecule has 3 heterocycles. The van der Waals surface area contributed by atoms with E-state index >= 15 is 0 Å². The number of hydrogen-bond donors (Lipinski definition) is 3. The molecule has 0 radical (unpaired) electrons. The summed E-state index contributed by atoms with van der Waals surface area (Å²) in [4.78, 5) is 13.9. The molecule has 7 heteroatoms. The van der Waals surface area contributed by atoms with E-state index in [1.807, 2.05) is 6.20 Å². The van der Waals surface area contributed by atoms with Gasteiger partial charge < -0.3 is 15.8 Å². The van der Waals surface area contributed by atoms with Crippen molar-refractivity contribution in [3.05, 3.63) is 18.1 Å². The number of likely N-dealkylation sites (tertiary alicyclic amines) is 1. The molecule has 6 nitrogen and oxygen atoms in total. The van der Waals surface area contributed by atoms with Crippen LogP contribution in [-0.4, -0.2) is 55.2 Å². The molecule has 1 aliphatic carbocycles. The van der Waals surface area contributed by atoms with E-state index in [0.717, 1.165) is 47.2 Å². The highest BCUT2D eigenvalue weighted by molar-refractivity contribution is 7.99. The van der Waals surface area contributed by atoms with E-state index in [9.17, 15) is 5.11 Å². The zero-order chi connectivity index (χ0) is 16.5. The van der Waals surface area contributed by atoms with E-state index in [1.54, 1.807) is 0 Å². The van der Waals surface area contributed by atoms with Crippen LogP contribution in [0.4, 0.5) is 5.82 Å². The number of nitrogens with two attached hydrogens (primary N) is 1. The van der Waals surface area contributed by atoms with Crippen LogP contribution in [0.25, 0.3) is 11.0 Å². The number of β-amino-alcohol motifs (C(OH)–C–C–N with tert-alkyl or cyclic N) is 1. The van der Waals surface area contributed by atoms with Crippen LogP contribution in [0, 0.1) is 5.92 Å². The van der Waals surface area contributed by atoms with E-state index in [0.29, 0.717) is 11.7 Å². The number of nitrogens with zero attached hydrogens (tertiary/aromatic N) is 3. The van der Waals surface area contributed by atoms with Gasteiger partial charge in [0.2, 0.25) is 0 Å². The molecule has 2 atom stereocenters. The monoisotopic (exact) mass is 347 g/mol. The third-order valence-corrected chi connectivity index (χ3v) is 6.86. The van der Waals surface area contributed by atoms with Gasteiger partial charge in [0, 0.05) is 48.3 Å². The quantitative estimate of drug-likeness (QED) is 0.766. The van der Waals surface area contributed by atoms with Crippen LogP contribution in [0.1, 0.15) is 31.2 Å². The van der Waals surface area contributed by atoms with Crippen molar-refractivity contribution in [3.8, 4) is 0 Å². The summed E-state index contributed by atoms with van der Waals surface area (Å²) in [5.41, 5.74) is 8.70. The average Bonchev–Trinajstić information content (AvgIpc) is 3.28. The molecule has 0 bridgehead atoms. The summed E-state index contributed by atoms with van der Waals surface area (Å²) >= 11 is 2.07. The summed E-state index contributed by atoms with van der Waals surface area (Å²) in [7, 11) is 0. The lowest BCUT2D eigenvalue weighted by molar-refractivity contribution is 0.149. The highest BCUT2D eigenvalue weighted by Crippen LogP contribution is 2.33. The van der Waals surface area contributed by atoms with Crippen LogP contribution in [0.15, 0.2) is 12.5 Å². The molecule has 2 fully saturated rings. The topological polar surface area (TPSA) is 91.1 Å². The molecular formula is C17H25N5OS. The highest BCUT2D eigenvalue weighted by atomic mass is 32.2. The van der Waals surface area contributed by atoms with Crippen molar-refractivity contribution in [2.45, 2.75) is 43.6 Å². The predicted molar refractivity (Wildman–Crippen MR) is 97.8 cm³/mol. The van der Waals surface area contributed by atoms with Crippen LogP contribution < -0.4 is 5.73 Å². The number of rotatable bonds is 5. The molecule has 1 saturated carbocycles. The fourth-order valence-corrected chi connectivity index (χ4v) is 5.44. The molecule has 130 valence electrons. The van der Waals surface area contributed by atoms with Gasteiger partial charge in [-0.2, -0.15) is 11.8 Å². The summed E-state index contributed by atoms with van der Waals surface area (Å²) < 4.78 is 0. The lowest BCUT2D eigenvalue weighted by Crippen LogP contribution is -2.21. The lowest BCUT2D eigenvalue weighted by atomic mass is 10.1. The summed E-state index contributed by atoms with van der Waals surface area (Å²) in [6.45, 7) is 2.48. The Hall–Kier alpha value is -1.31. The summed E-state index contributed by atoms with van der Waals surface area (Å²) in [5, 5.41) is 11.2. The number of nitrogens with one attached hydrogen (secondary N) is 1. The second-order valence-corrected chi connectivity index (χ2v) is 8.39. The van der Waals surface area contributed by atoms with E-state index in [-0.39, 0.29) is 6.10 Å². The van der Waals surface area contributed by atoms with Crippen LogP contribution in [0.2, 0.25) is 0 Å². The Morgan fingerprint density at radius 3 is 2.96 bits per heavy atom. The Kier molecular flexibility index (Phi) is 4.65. The van der Waals surface area contributed by atoms with E-state index in [2.05, 4.69) is 31.6 Å². The average molecular weight is 347 g/mol. The first-order valence-corrected chi connectivity index (χ1v) is 9.84. The van der Waals surface area contributed by atoms with Gasteiger partial charge in [-0.1, -0.05) is 12.8 Å². The molecule has 4 rings (SSSR count). The minimum absolute atomic E-state index is 0.219. The third kappa shape index (κ3) is 3.25. The Balaban J connectivity index is 1.37. The molecule has 0 aromatic carbocycles. The first-order chi connectivity index (χ1) is 11.7. The SMILES string of the molecule is Nc1ncnc2c(CN3C[C@H](CSC4CCCC4)[C@H](O)C3)c[nH]c12. The zero-order valence-corrected chi connectivity index (χ0v) is 14.6. The minimum Gasteiger partial charge on any atom is -0.391 e. The standard InChI is InChI=1S/C17H25N5OS/c18-17-16-15(20-10-21-17)11(5-19-16)6-22-7-12(14(23)8-22)9-24-13-3-1-2-4-13/h5,10,12-14,19,23H,1-4,6-9H2,(H2,18,20,21)/t12-,14-/m1/s1. The Morgan fingerprint density at radius 2 is 2.12 bits per heavy atom. The maximum atomic E-state index is 10.4. The smallest absolute Gasteiger partial charge is 0.151 e. The number of hydrogen-bond acceptors (Lipinski definition) is 6. The van der Waals surface area contributed by atoms with Gasteiger partial charge in [-0.15, -0.1) is 0 Å². The first-order valence-electron chi connectivity index (χ1n) is 8.79. The van der Waals surface area contributed by atoms with Crippen LogP contribution in [0.5, 0.6) is 0 Å². The van der Waals surface area contributed by atoms with Crippen LogP contribution in [0.3, 0.4) is 0 Å². The number of nitrogen functional groups attached to an aromatic ring is 1. The normalized spacial score (nSPS) is 25.9. The third-order valence-electron chi connectivity index (χ3n) is 5.30. The molecule has 4 N–H and O–H groups in total. The van der Waals surface area contributed by atoms with Crippen molar-refractivity contribution < 1.29 is 5.11 Å². The van der Waals surface area contributed by atoms with E-state index in [1.165, 1.54) is 32.0 Å². The molecule has 2 aromatic heterocycles. The molecule has 1 saturated heterocycles. The van der Waals surface area contributed by atoms with Gasteiger partial charge in [-0.05, 0) is 12.8 Å². The van der Waals surface area contributed by atoms with E-state index in [4.69, 9.17) is 5.73 Å². The predicted octanol–water partition coefficient (Wildman–Crippen LogP) is 2.01. The number of H-pyrrole nitrogens is 1. The van der Waals surface area contributed by atoms with Gasteiger partial charge in [-0.25, -0.2) is 9.97 Å². The molecule has 24 heavy (non-hydrogen) atoms.